The zero-order valence-corrected chi connectivity index (χ0v) is 16.3. The molecule has 0 fully saturated rings. The van der Waals surface area contributed by atoms with Gasteiger partial charge in [-0.25, -0.2) is 0 Å². The van der Waals surface area contributed by atoms with Gasteiger partial charge in [-0.05, 0) is 79.2 Å². The van der Waals surface area contributed by atoms with Crippen molar-refractivity contribution in [3.05, 3.63) is 70.1 Å². The quantitative estimate of drug-likeness (QED) is 0.720. The molecule has 0 spiro atoms. The van der Waals surface area contributed by atoms with Crippen molar-refractivity contribution in [3.8, 4) is 0 Å². The molecule has 3 aromatic rings. The summed E-state index contributed by atoms with van der Waals surface area (Å²) in [6, 6.07) is 16.3. The average Bonchev–Trinajstić information content (AvgIpc) is 3.08. The molecule has 2 aromatic carbocycles. The molecule has 0 radical (unpaired) electrons. The molecular weight excluding hydrogens is 324 g/mol. The predicted molar refractivity (Wildman–Crippen MR) is 109 cm³/mol. The molecule has 1 aliphatic heterocycles. The van der Waals surface area contributed by atoms with Crippen molar-refractivity contribution >= 4 is 21.4 Å². The van der Waals surface area contributed by atoms with E-state index < -0.39 is 0 Å². The first kappa shape index (κ1) is 16.8. The van der Waals surface area contributed by atoms with E-state index in [1.54, 1.807) is 0 Å². The lowest BCUT2D eigenvalue weighted by Crippen LogP contribution is -2.35. The Balaban J connectivity index is 1.78. The van der Waals surface area contributed by atoms with Crippen molar-refractivity contribution in [2.24, 2.45) is 0 Å². The summed E-state index contributed by atoms with van der Waals surface area (Å²) in [6.07, 6.45) is 0. The molecule has 0 amide bonds. The van der Waals surface area contributed by atoms with Crippen LogP contribution < -0.4 is 5.32 Å². The average molecular weight is 351 g/mol. The number of nitrogens with zero attached hydrogens (tertiary/aromatic N) is 1. The van der Waals surface area contributed by atoms with Crippen LogP contribution in [0.25, 0.3) is 10.1 Å². The highest BCUT2D eigenvalue weighted by Crippen LogP contribution is 2.36. The minimum atomic E-state index is -0.00384. The first-order valence-electron chi connectivity index (χ1n) is 8.96. The summed E-state index contributed by atoms with van der Waals surface area (Å²) in [5.41, 5.74) is 5.74. The number of thiophene rings is 1. The summed E-state index contributed by atoms with van der Waals surface area (Å²) in [5, 5.41) is 6.97. The highest BCUT2D eigenvalue weighted by molar-refractivity contribution is 7.17. The molecule has 2 heterocycles. The number of hydrogen-bond donors (Lipinski definition) is 1. The molecule has 0 saturated carbocycles. The Morgan fingerprint density at radius 1 is 1.12 bits per heavy atom. The van der Waals surface area contributed by atoms with Gasteiger partial charge in [-0.15, -0.1) is 11.3 Å². The van der Waals surface area contributed by atoms with E-state index in [1.807, 2.05) is 18.4 Å². The molecule has 1 aromatic heterocycles. The predicted octanol–water partition coefficient (Wildman–Crippen LogP) is 4.93. The summed E-state index contributed by atoms with van der Waals surface area (Å²) in [6.45, 7) is 6.59. The highest BCUT2D eigenvalue weighted by atomic mass is 32.1. The van der Waals surface area contributed by atoms with Gasteiger partial charge in [0.15, 0.2) is 0 Å². The van der Waals surface area contributed by atoms with E-state index >= 15 is 0 Å². The van der Waals surface area contributed by atoms with Crippen LogP contribution in [0.15, 0.2) is 47.8 Å². The van der Waals surface area contributed by atoms with E-state index in [1.165, 1.54) is 32.3 Å². The van der Waals surface area contributed by atoms with Gasteiger partial charge in [0.05, 0.1) is 0 Å². The van der Waals surface area contributed by atoms with Crippen LogP contribution in [0.1, 0.15) is 42.0 Å². The molecule has 2 nitrogen and oxygen atoms in total. The fourth-order valence-electron chi connectivity index (χ4n) is 3.87. The molecule has 0 saturated heterocycles. The zero-order chi connectivity index (χ0) is 17.6. The largest absolute Gasteiger partial charge is 0.311 e. The van der Waals surface area contributed by atoms with Crippen molar-refractivity contribution < 1.29 is 0 Å². The van der Waals surface area contributed by atoms with Crippen LogP contribution in [0.3, 0.4) is 0 Å². The molecule has 0 bridgehead atoms. The third-order valence-electron chi connectivity index (χ3n) is 5.68. The fraction of sp³-hybridized carbons (Fsp3) is 0.364. The fourth-order valence-corrected chi connectivity index (χ4v) is 4.64. The van der Waals surface area contributed by atoms with E-state index in [9.17, 15) is 0 Å². The molecule has 1 unspecified atom stereocenters. The highest BCUT2D eigenvalue weighted by Gasteiger charge is 2.27. The summed E-state index contributed by atoms with van der Waals surface area (Å²) >= 11 is 1.82. The maximum atomic E-state index is 3.42. The standard InChI is InChI=1S/C22H26N2S/c1-22(2,23-3)18-6-7-19-17(12-18)13-24(4)14-20(19)15-5-8-21-16(11-15)9-10-25-21/h5-12,20,23H,13-14H2,1-4H3. The van der Waals surface area contributed by atoms with Crippen molar-refractivity contribution in [1.29, 1.82) is 0 Å². The van der Waals surface area contributed by atoms with Crippen LogP contribution in [0.5, 0.6) is 0 Å². The van der Waals surface area contributed by atoms with Crippen molar-refractivity contribution in [2.45, 2.75) is 31.8 Å². The van der Waals surface area contributed by atoms with Gasteiger partial charge in [-0.1, -0.05) is 24.3 Å². The van der Waals surface area contributed by atoms with Gasteiger partial charge in [0, 0.05) is 29.2 Å². The van der Waals surface area contributed by atoms with Crippen molar-refractivity contribution in [2.75, 3.05) is 20.6 Å². The lowest BCUT2D eigenvalue weighted by molar-refractivity contribution is 0.294. The summed E-state index contributed by atoms with van der Waals surface area (Å²) in [5.74, 6) is 0.449. The monoisotopic (exact) mass is 350 g/mol. The number of hydrogen-bond acceptors (Lipinski definition) is 3. The van der Waals surface area contributed by atoms with Gasteiger partial charge >= 0.3 is 0 Å². The molecule has 25 heavy (non-hydrogen) atoms. The number of benzene rings is 2. The molecule has 3 heteroatoms. The molecule has 0 aliphatic carbocycles. The Morgan fingerprint density at radius 2 is 1.96 bits per heavy atom. The van der Waals surface area contributed by atoms with E-state index in [2.05, 4.69) is 79.0 Å². The van der Waals surface area contributed by atoms with E-state index in [0.717, 1.165) is 13.1 Å². The summed E-state index contributed by atoms with van der Waals surface area (Å²) < 4.78 is 1.37. The second-order valence-corrected chi connectivity index (χ2v) is 8.70. The lowest BCUT2D eigenvalue weighted by atomic mass is 9.82. The number of nitrogens with one attached hydrogen (secondary N) is 1. The van der Waals surface area contributed by atoms with Gasteiger partial charge in [0.25, 0.3) is 0 Å². The van der Waals surface area contributed by atoms with Gasteiger partial charge in [-0.2, -0.15) is 0 Å². The van der Waals surface area contributed by atoms with E-state index in [4.69, 9.17) is 0 Å². The zero-order valence-electron chi connectivity index (χ0n) is 15.5. The number of rotatable bonds is 3. The topological polar surface area (TPSA) is 15.3 Å². The minimum absolute atomic E-state index is 0.00384. The Bertz CT molecular complexity index is 909. The normalized spacial score (nSPS) is 18.5. The van der Waals surface area contributed by atoms with Crippen LogP contribution in [0.2, 0.25) is 0 Å². The van der Waals surface area contributed by atoms with Crippen LogP contribution in [-0.2, 0) is 12.1 Å². The SMILES string of the molecule is CNC(C)(C)c1ccc2c(c1)CN(C)CC2c1ccc2sccc2c1. The number of fused-ring (bicyclic) bond motifs is 2. The molecule has 1 atom stereocenters. The Kier molecular flexibility index (Phi) is 4.19. The second-order valence-electron chi connectivity index (χ2n) is 7.76. The van der Waals surface area contributed by atoms with Gasteiger partial charge in [-0.3, -0.25) is 0 Å². The lowest BCUT2D eigenvalue weighted by Gasteiger charge is -2.34. The van der Waals surface area contributed by atoms with Crippen LogP contribution in [0.4, 0.5) is 0 Å². The Hall–Kier alpha value is -1.68. The number of likely N-dealkylation sites (N-methyl/N-ethyl adjacent to an activating group) is 1. The van der Waals surface area contributed by atoms with Crippen LogP contribution in [0, 0.1) is 0 Å². The van der Waals surface area contributed by atoms with Crippen molar-refractivity contribution in [3.63, 3.8) is 0 Å². The van der Waals surface area contributed by atoms with E-state index in [0.29, 0.717) is 5.92 Å². The smallest absolute Gasteiger partial charge is 0.0375 e. The van der Waals surface area contributed by atoms with Crippen LogP contribution in [-0.4, -0.2) is 25.5 Å². The Morgan fingerprint density at radius 3 is 2.76 bits per heavy atom. The van der Waals surface area contributed by atoms with Crippen LogP contribution >= 0.6 is 11.3 Å². The first-order valence-corrected chi connectivity index (χ1v) is 9.84. The second kappa shape index (κ2) is 6.24. The molecule has 4 rings (SSSR count). The van der Waals surface area contributed by atoms with E-state index in [-0.39, 0.29) is 5.54 Å². The summed E-state index contributed by atoms with van der Waals surface area (Å²) in [7, 11) is 4.26. The summed E-state index contributed by atoms with van der Waals surface area (Å²) in [4.78, 5) is 2.45. The van der Waals surface area contributed by atoms with Crippen molar-refractivity contribution in [1.82, 2.24) is 10.2 Å². The third-order valence-corrected chi connectivity index (χ3v) is 6.58. The molecule has 130 valence electrons. The maximum Gasteiger partial charge on any atom is 0.0375 e. The van der Waals surface area contributed by atoms with Gasteiger partial charge in [0.1, 0.15) is 0 Å². The first-order chi connectivity index (χ1) is 12.0. The molecule has 1 aliphatic rings. The van der Waals surface area contributed by atoms with Gasteiger partial charge in [0.2, 0.25) is 0 Å². The molecular formula is C22H26N2S. The van der Waals surface area contributed by atoms with Gasteiger partial charge < -0.3 is 10.2 Å². The minimum Gasteiger partial charge on any atom is -0.311 e. The maximum absolute atomic E-state index is 3.42. The molecule has 1 N–H and O–H groups in total. The Labute approximate surface area is 154 Å². The third kappa shape index (κ3) is 3.01.